The number of benzene rings is 1. The van der Waals surface area contributed by atoms with E-state index in [1.807, 2.05) is 18.2 Å². The fourth-order valence-corrected chi connectivity index (χ4v) is 2.70. The third kappa shape index (κ3) is 7.50. The van der Waals surface area contributed by atoms with E-state index in [0.717, 1.165) is 37.6 Å². The molecule has 0 radical (unpaired) electrons. The quantitative estimate of drug-likeness (QED) is 0.278. The Morgan fingerprint density at radius 1 is 0.633 bits per heavy atom. The zero-order valence-corrected chi connectivity index (χ0v) is 16.9. The van der Waals surface area contributed by atoms with Crippen molar-refractivity contribution in [1.29, 1.82) is 0 Å². The van der Waals surface area contributed by atoms with Gasteiger partial charge < -0.3 is 18.9 Å². The van der Waals surface area contributed by atoms with Crippen LogP contribution in [0.25, 0.3) is 0 Å². The molecule has 0 N–H and O–H groups in total. The fraction of sp³-hybridized carbons (Fsp3) is 0.700. The highest BCUT2D eigenvalue weighted by molar-refractivity contribution is 5.23. The first-order chi connectivity index (χ1) is 14.8. The van der Waals surface area contributed by atoms with Gasteiger partial charge in [-0.15, -0.1) is 0 Å². The Morgan fingerprint density at radius 3 is 1.27 bits per heavy atom. The minimum absolute atomic E-state index is 0.161. The Morgan fingerprint density at radius 2 is 0.967 bits per heavy atom. The largest absolute Gasteiger partial charge is 0.371 e. The second-order valence-corrected chi connectivity index (χ2v) is 7.81. The maximum atomic E-state index is 5.76. The van der Waals surface area contributed by atoms with Crippen LogP contribution in [-0.4, -0.2) is 87.7 Å². The van der Waals surface area contributed by atoms with E-state index in [2.05, 4.69) is 6.07 Å². The van der Waals surface area contributed by atoms with E-state index in [-0.39, 0.29) is 24.4 Å². The fourth-order valence-electron chi connectivity index (χ4n) is 2.70. The SMILES string of the molecule is c1cc(CN(OCC2CO2)OCC2CO2)cc(CN(OCC2CO2)OCC2CO2)c1. The van der Waals surface area contributed by atoms with Crippen molar-refractivity contribution < 1.29 is 38.3 Å². The molecule has 10 nitrogen and oxygen atoms in total. The molecule has 0 amide bonds. The summed E-state index contributed by atoms with van der Waals surface area (Å²) in [6.45, 7) is 5.85. The van der Waals surface area contributed by atoms with Gasteiger partial charge in [0.15, 0.2) is 0 Å². The molecular formula is C20H28N2O8. The van der Waals surface area contributed by atoms with Crippen molar-refractivity contribution in [1.82, 2.24) is 10.5 Å². The van der Waals surface area contributed by atoms with Crippen LogP contribution < -0.4 is 0 Å². The first-order valence-corrected chi connectivity index (χ1v) is 10.4. The molecule has 5 rings (SSSR count). The van der Waals surface area contributed by atoms with Gasteiger partial charge in [0.1, 0.15) is 24.4 Å². The van der Waals surface area contributed by atoms with Crippen LogP contribution in [0.4, 0.5) is 0 Å². The van der Waals surface area contributed by atoms with Crippen LogP contribution in [0.1, 0.15) is 11.1 Å². The molecule has 1 aromatic carbocycles. The summed E-state index contributed by atoms with van der Waals surface area (Å²) in [6, 6.07) is 8.16. The van der Waals surface area contributed by atoms with E-state index in [9.17, 15) is 0 Å². The highest BCUT2D eigenvalue weighted by atomic mass is 17.0. The summed E-state index contributed by atoms with van der Waals surface area (Å²) >= 11 is 0. The maximum Gasteiger partial charge on any atom is 0.106 e. The lowest BCUT2D eigenvalue weighted by Crippen LogP contribution is -2.29. The van der Waals surface area contributed by atoms with Crippen molar-refractivity contribution in [2.24, 2.45) is 0 Å². The summed E-state index contributed by atoms with van der Waals surface area (Å²) in [5.41, 5.74) is 2.11. The zero-order chi connectivity index (χ0) is 20.2. The molecule has 4 aliphatic heterocycles. The monoisotopic (exact) mass is 424 g/mol. The van der Waals surface area contributed by atoms with Gasteiger partial charge in [-0.25, -0.2) is 0 Å². The van der Waals surface area contributed by atoms with Gasteiger partial charge in [0.05, 0.1) is 65.9 Å². The van der Waals surface area contributed by atoms with Gasteiger partial charge in [0.2, 0.25) is 0 Å². The third-order valence-corrected chi connectivity index (χ3v) is 4.84. The average Bonchev–Trinajstić information content (AvgIpc) is 3.58. The Kier molecular flexibility index (Phi) is 6.88. The van der Waals surface area contributed by atoms with Crippen LogP contribution in [0.15, 0.2) is 24.3 Å². The number of hydrogen-bond acceptors (Lipinski definition) is 10. The number of hydroxylamine groups is 4. The highest BCUT2D eigenvalue weighted by Gasteiger charge is 2.28. The highest BCUT2D eigenvalue weighted by Crippen LogP contribution is 2.18. The predicted octanol–water partition coefficient (Wildman–Crippen LogP) is 0.612. The summed E-state index contributed by atoms with van der Waals surface area (Å²) in [6.07, 6.45) is 0.642. The van der Waals surface area contributed by atoms with Gasteiger partial charge in [-0.05, 0) is 11.1 Å². The molecular weight excluding hydrogens is 396 g/mol. The Balaban J connectivity index is 1.15. The molecule has 10 heteroatoms. The molecule has 0 aliphatic carbocycles. The molecule has 1 aromatic rings. The second kappa shape index (κ2) is 9.96. The van der Waals surface area contributed by atoms with Crippen molar-refractivity contribution in [2.45, 2.75) is 37.5 Å². The lowest BCUT2D eigenvalue weighted by molar-refractivity contribution is -0.377. The van der Waals surface area contributed by atoms with Crippen molar-refractivity contribution in [3.05, 3.63) is 35.4 Å². The Hall–Kier alpha value is -1.18. The lowest BCUT2D eigenvalue weighted by atomic mass is 10.1. The molecule has 4 fully saturated rings. The van der Waals surface area contributed by atoms with E-state index >= 15 is 0 Å². The number of hydrogen-bond donors (Lipinski definition) is 0. The molecule has 0 spiro atoms. The normalized spacial score (nSPS) is 28.9. The molecule has 30 heavy (non-hydrogen) atoms. The van der Waals surface area contributed by atoms with E-state index < -0.39 is 0 Å². The molecule has 4 aliphatic rings. The van der Waals surface area contributed by atoms with Crippen molar-refractivity contribution >= 4 is 0 Å². The summed E-state index contributed by atoms with van der Waals surface area (Å²) in [4.78, 5) is 23.0. The maximum absolute atomic E-state index is 5.76. The van der Waals surface area contributed by atoms with Crippen LogP contribution in [0, 0.1) is 0 Å². The van der Waals surface area contributed by atoms with Crippen LogP contribution in [-0.2, 0) is 51.4 Å². The van der Waals surface area contributed by atoms with Gasteiger partial charge in [0.25, 0.3) is 0 Å². The standard InChI is InChI=1S/C20H28N2O8/c1-2-15(5-21(27-11-17-7-23-17)28-12-18-8-24-18)4-16(3-1)6-22(29-13-19-9-25-19)30-14-20-10-26-20/h1-4,17-20H,5-14H2. The molecule has 4 atom stereocenters. The molecule has 4 unspecified atom stereocenters. The number of rotatable bonds is 16. The van der Waals surface area contributed by atoms with Crippen LogP contribution >= 0.6 is 0 Å². The number of nitrogens with zero attached hydrogens (tertiary/aromatic N) is 2. The summed E-state index contributed by atoms with van der Waals surface area (Å²) in [5, 5.41) is 3.03. The number of ether oxygens (including phenoxy) is 4. The molecule has 4 heterocycles. The predicted molar refractivity (Wildman–Crippen MR) is 100 cm³/mol. The smallest absolute Gasteiger partial charge is 0.106 e. The topological polar surface area (TPSA) is 93.5 Å². The van der Waals surface area contributed by atoms with Gasteiger partial charge in [-0.3, -0.25) is 19.4 Å². The van der Waals surface area contributed by atoms with Gasteiger partial charge in [-0.2, -0.15) is 0 Å². The summed E-state index contributed by atoms with van der Waals surface area (Å²) in [5.74, 6) is 0. The van der Waals surface area contributed by atoms with Crippen LogP contribution in [0.2, 0.25) is 0 Å². The van der Waals surface area contributed by atoms with Crippen molar-refractivity contribution in [2.75, 3.05) is 52.9 Å². The first-order valence-electron chi connectivity index (χ1n) is 10.4. The Labute approximate surface area is 175 Å². The van der Waals surface area contributed by atoms with E-state index in [1.54, 1.807) is 0 Å². The molecule has 0 aromatic heterocycles. The third-order valence-electron chi connectivity index (χ3n) is 4.84. The summed E-state index contributed by atoms with van der Waals surface area (Å²) in [7, 11) is 0. The average molecular weight is 424 g/mol. The van der Waals surface area contributed by atoms with Crippen molar-refractivity contribution in [3.8, 4) is 0 Å². The molecule has 166 valence electrons. The van der Waals surface area contributed by atoms with E-state index in [1.165, 1.54) is 10.5 Å². The van der Waals surface area contributed by atoms with E-state index in [0.29, 0.717) is 39.5 Å². The minimum Gasteiger partial charge on any atom is -0.371 e. The van der Waals surface area contributed by atoms with Crippen molar-refractivity contribution in [3.63, 3.8) is 0 Å². The van der Waals surface area contributed by atoms with Crippen LogP contribution in [0.3, 0.4) is 0 Å². The minimum atomic E-state index is 0.161. The van der Waals surface area contributed by atoms with Gasteiger partial charge in [-0.1, -0.05) is 34.7 Å². The Bertz CT molecular complexity index is 593. The van der Waals surface area contributed by atoms with E-state index in [4.69, 9.17) is 38.3 Å². The molecule has 0 bridgehead atoms. The van der Waals surface area contributed by atoms with Crippen LogP contribution in [0.5, 0.6) is 0 Å². The van der Waals surface area contributed by atoms with Gasteiger partial charge >= 0.3 is 0 Å². The lowest BCUT2D eigenvalue weighted by Gasteiger charge is -2.22. The second-order valence-electron chi connectivity index (χ2n) is 7.81. The zero-order valence-electron chi connectivity index (χ0n) is 16.9. The van der Waals surface area contributed by atoms with Gasteiger partial charge in [0, 0.05) is 0 Å². The molecule has 4 saturated heterocycles. The first kappa shape index (κ1) is 20.7. The summed E-state index contributed by atoms with van der Waals surface area (Å²) < 4.78 is 20.9. The molecule has 0 saturated carbocycles. The number of epoxide rings is 4.